The molecule has 2 amide bonds. The van der Waals surface area contributed by atoms with E-state index in [4.69, 9.17) is 0 Å². The van der Waals surface area contributed by atoms with Crippen LogP contribution in [0.4, 0.5) is 0 Å². The molecule has 11 heteroatoms. The van der Waals surface area contributed by atoms with E-state index >= 15 is 0 Å². The number of benzene rings is 1. The van der Waals surface area contributed by atoms with Gasteiger partial charge in [0.2, 0.25) is 11.8 Å². The van der Waals surface area contributed by atoms with Crippen molar-refractivity contribution in [2.24, 2.45) is 7.05 Å². The zero-order valence-electron chi connectivity index (χ0n) is 17.9. The molecule has 168 valence electrons. The highest BCUT2D eigenvalue weighted by atomic mass is 32.2. The minimum Gasteiger partial charge on any atom is -0.351 e. The lowest BCUT2D eigenvalue weighted by Gasteiger charge is -2.21. The Morgan fingerprint density at radius 3 is 2.74 bits per heavy atom. The highest BCUT2D eigenvalue weighted by Gasteiger charge is 2.29. The zero-order valence-corrected chi connectivity index (χ0v) is 19.5. The average Bonchev–Trinajstić information content (AvgIpc) is 3.25. The van der Waals surface area contributed by atoms with Crippen LogP contribution in [0.5, 0.6) is 0 Å². The van der Waals surface area contributed by atoms with Crippen LogP contribution in [0.3, 0.4) is 0 Å². The van der Waals surface area contributed by atoms with Gasteiger partial charge in [-0.25, -0.2) is 8.42 Å². The Hall–Kier alpha value is -2.40. The molecule has 3 rings (SSSR count). The number of amides is 2. The number of sulfone groups is 1. The fraction of sp³-hybridized carbons (Fsp3) is 0.500. The number of carbonyl (C=O) groups is 2. The van der Waals surface area contributed by atoms with Crippen molar-refractivity contribution in [1.29, 1.82) is 0 Å². The third-order valence-corrected chi connectivity index (χ3v) is 7.88. The fourth-order valence-corrected chi connectivity index (χ4v) is 5.91. The van der Waals surface area contributed by atoms with E-state index in [2.05, 4.69) is 15.5 Å². The molecule has 1 atom stereocenters. The van der Waals surface area contributed by atoms with Gasteiger partial charge in [-0.05, 0) is 26.3 Å². The summed E-state index contributed by atoms with van der Waals surface area (Å²) in [6.45, 7) is 4.09. The number of likely N-dealkylation sites (N-methyl/N-ethyl adjacent to an activating group) is 1. The molecule has 0 aliphatic carbocycles. The van der Waals surface area contributed by atoms with Gasteiger partial charge in [-0.2, -0.15) is 0 Å². The summed E-state index contributed by atoms with van der Waals surface area (Å²) in [4.78, 5) is 26.3. The molecule has 0 spiro atoms. The topological polar surface area (TPSA) is 114 Å². The second-order valence-corrected chi connectivity index (χ2v) is 10.8. The van der Waals surface area contributed by atoms with Gasteiger partial charge in [-0.3, -0.25) is 9.59 Å². The second-order valence-electron chi connectivity index (χ2n) is 7.60. The predicted molar refractivity (Wildman–Crippen MR) is 119 cm³/mol. The molecule has 1 saturated heterocycles. The van der Waals surface area contributed by atoms with Crippen molar-refractivity contribution in [3.05, 3.63) is 29.8 Å². The van der Waals surface area contributed by atoms with Gasteiger partial charge < -0.3 is 14.8 Å². The van der Waals surface area contributed by atoms with Gasteiger partial charge in [0.1, 0.15) is 0 Å². The molecule has 1 N–H and O–H groups in total. The molecule has 0 radical (unpaired) electrons. The van der Waals surface area contributed by atoms with E-state index in [1.54, 1.807) is 6.92 Å². The van der Waals surface area contributed by atoms with Crippen LogP contribution in [0.25, 0.3) is 11.4 Å². The number of carbonyl (C=O) groups excluding carboxylic acids is 2. The molecule has 1 unspecified atom stereocenters. The first-order valence-corrected chi connectivity index (χ1v) is 12.9. The first-order valence-electron chi connectivity index (χ1n) is 10.1. The summed E-state index contributed by atoms with van der Waals surface area (Å²) in [5.74, 6) is 0.358. The SMILES string of the molecule is CCN(CC(=O)NC1CCS(=O)(=O)C1)C(=O)CSc1nnc(-c2cccc(C)c2)n1C. The van der Waals surface area contributed by atoms with Gasteiger partial charge in [-0.15, -0.1) is 10.2 Å². The molecule has 1 aliphatic rings. The van der Waals surface area contributed by atoms with E-state index in [0.29, 0.717) is 18.1 Å². The standard InChI is InChI=1S/C20H27N5O4S2/c1-4-25(11-17(26)21-16-8-9-31(28,29)13-16)18(27)12-30-20-23-22-19(24(20)3)15-7-5-6-14(2)10-15/h5-7,10,16H,4,8-9,11-13H2,1-3H3,(H,21,26). The molecular weight excluding hydrogens is 438 g/mol. The van der Waals surface area contributed by atoms with Crippen molar-refractivity contribution in [2.75, 3.05) is 30.3 Å². The average molecular weight is 466 g/mol. The molecule has 1 fully saturated rings. The molecule has 0 bridgehead atoms. The van der Waals surface area contributed by atoms with Crippen LogP contribution in [0.15, 0.2) is 29.4 Å². The van der Waals surface area contributed by atoms with Crippen LogP contribution in [0.1, 0.15) is 18.9 Å². The Kier molecular flexibility index (Phi) is 7.37. The Labute approximate surface area is 186 Å². The van der Waals surface area contributed by atoms with Crippen LogP contribution in [-0.4, -0.2) is 76.3 Å². The van der Waals surface area contributed by atoms with E-state index in [1.165, 1.54) is 16.7 Å². The van der Waals surface area contributed by atoms with Gasteiger partial charge in [0.05, 0.1) is 23.8 Å². The van der Waals surface area contributed by atoms with Gasteiger partial charge in [0.25, 0.3) is 0 Å². The number of aryl methyl sites for hydroxylation is 1. The van der Waals surface area contributed by atoms with E-state index in [0.717, 1.165) is 17.0 Å². The first-order chi connectivity index (χ1) is 14.7. The maximum Gasteiger partial charge on any atom is 0.239 e. The Bertz CT molecular complexity index is 1070. The van der Waals surface area contributed by atoms with E-state index in [-0.39, 0.29) is 41.7 Å². The summed E-state index contributed by atoms with van der Waals surface area (Å²) in [5, 5.41) is 11.8. The molecule has 1 aliphatic heterocycles. The van der Waals surface area contributed by atoms with Crippen molar-refractivity contribution in [2.45, 2.75) is 31.5 Å². The third kappa shape index (κ3) is 6.07. The monoisotopic (exact) mass is 465 g/mol. The summed E-state index contributed by atoms with van der Waals surface area (Å²) in [6, 6.07) is 7.58. The minimum atomic E-state index is -3.07. The highest BCUT2D eigenvalue weighted by Crippen LogP contribution is 2.23. The van der Waals surface area contributed by atoms with E-state index in [9.17, 15) is 18.0 Å². The highest BCUT2D eigenvalue weighted by molar-refractivity contribution is 7.99. The van der Waals surface area contributed by atoms with Gasteiger partial charge in [0, 0.05) is 25.2 Å². The Morgan fingerprint density at radius 1 is 1.32 bits per heavy atom. The largest absolute Gasteiger partial charge is 0.351 e. The number of hydrogen-bond donors (Lipinski definition) is 1. The summed E-state index contributed by atoms with van der Waals surface area (Å²) in [5.41, 5.74) is 2.07. The lowest BCUT2D eigenvalue weighted by Crippen LogP contribution is -2.45. The molecule has 1 aromatic heterocycles. The second kappa shape index (κ2) is 9.82. The van der Waals surface area contributed by atoms with Crippen molar-refractivity contribution in [1.82, 2.24) is 25.0 Å². The lowest BCUT2D eigenvalue weighted by atomic mass is 10.1. The molecule has 1 aromatic carbocycles. The molecule has 0 saturated carbocycles. The molecule has 9 nitrogen and oxygen atoms in total. The Balaban J connectivity index is 1.55. The smallest absolute Gasteiger partial charge is 0.239 e. The zero-order chi connectivity index (χ0) is 22.6. The lowest BCUT2D eigenvalue weighted by molar-refractivity contribution is -0.134. The summed E-state index contributed by atoms with van der Waals surface area (Å²) in [6.07, 6.45) is 0.416. The van der Waals surface area contributed by atoms with E-state index < -0.39 is 9.84 Å². The summed E-state index contributed by atoms with van der Waals surface area (Å²) in [7, 11) is -1.22. The van der Waals surface area contributed by atoms with Crippen molar-refractivity contribution < 1.29 is 18.0 Å². The van der Waals surface area contributed by atoms with Crippen LogP contribution in [-0.2, 0) is 26.5 Å². The number of nitrogens with one attached hydrogen (secondary N) is 1. The summed E-state index contributed by atoms with van der Waals surface area (Å²) < 4.78 is 24.9. The number of thioether (sulfide) groups is 1. The number of hydrogen-bond acceptors (Lipinski definition) is 7. The fourth-order valence-electron chi connectivity index (χ4n) is 3.43. The van der Waals surface area contributed by atoms with Gasteiger partial charge in [-0.1, -0.05) is 35.5 Å². The van der Waals surface area contributed by atoms with Crippen LogP contribution < -0.4 is 5.32 Å². The quantitative estimate of drug-likeness (QED) is 0.579. The van der Waals surface area contributed by atoms with Crippen molar-refractivity contribution >= 4 is 33.4 Å². The van der Waals surface area contributed by atoms with Crippen LogP contribution >= 0.6 is 11.8 Å². The predicted octanol–water partition coefficient (Wildman–Crippen LogP) is 1.03. The van der Waals surface area contributed by atoms with E-state index in [1.807, 2.05) is 42.8 Å². The minimum absolute atomic E-state index is 0.0376. The summed E-state index contributed by atoms with van der Waals surface area (Å²) >= 11 is 1.27. The van der Waals surface area contributed by atoms with Gasteiger partial charge >= 0.3 is 0 Å². The number of aromatic nitrogens is 3. The van der Waals surface area contributed by atoms with Crippen LogP contribution in [0.2, 0.25) is 0 Å². The maximum atomic E-state index is 12.6. The van der Waals surface area contributed by atoms with Gasteiger partial charge in [0.15, 0.2) is 20.8 Å². The Morgan fingerprint density at radius 2 is 2.10 bits per heavy atom. The third-order valence-electron chi connectivity index (χ3n) is 5.10. The molecule has 2 heterocycles. The van der Waals surface area contributed by atoms with Crippen molar-refractivity contribution in [3.63, 3.8) is 0 Å². The molecule has 2 aromatic rings. The normalized spacial score (nSPS) is 17.5. The number of nitrogens with zero attached hydrogens (tertiary/aromatic N) is 4. The maximum absolute atomic E-state index is 12.6. The molecular formula is C20H27N5O4S2. The first kappa shape index (κ1) is 23.3. The number of rotatable bonds is 8. The van der Waals surface area contributed by atoms with Crippen molar-refractivity contribution in [3.8, 4) is 11.4 Å². The van der Waals surface area contributed by atoms with Crippen LogP contribution in [0, 0.1) is 6.92 Å². The molecule has 31 heavy (non-hydrogen) atoms.